The minimum atomic E-state index is -0.659. The fourth-order valence-electron chi connectivity index (χ4n) is 1.82. The second-order valence-corrected chi connectivity index (χ2v) is 5.56. The molecule has 7 nitrogen and oxygen atoms in total. The Kier molecular flexibility index (Phi) is 6.71. The van der Waals surface area contributed by atoms with Crippen LogP contribution in [0.2, 0.25) is 0 Å². The lowest BCUT2D eigenvalue weighted by Gasteiger charge is -2.15. The van der Waals surface area contributed by atoms with Crippen LogP contribution in [0.15, 0.2) is 18.2 Å². The number of methoxy groups -OCH3 is 1. The first-order valence-electron chi connectivity index (χ1n) is 7.28. The van der Waals surface area contributed by atoms with E-state index in [1.54, 1.807) is 19.1 Å². The van der Waals surface area contributed by atoms with Crippen LogP contribution in [0, 0.1) is 12.8 Å². The Balaban J connectivity index is 2.65. The standard InChI is InChI=1S/C16H23N3O4/c1-9(2)14(17)15(21)18-8-13(20)19-11-6-5-10(3)12(7-11)16(22)23-4/h5-7,9,14H,8,17H2,1-4H3,(H,18,21)(H,19,20)/t14-/m0/s1. The van der Waals surface area contributed by atoms with Gasteiger partial charge in [0.05, 0.1) is 25.3 Å². The van der Waals surface area contributed by atoms with Crippen molar-refractivity contribution in [1.82, 2.24) is 5.32 Å². The summed E-state index contributed by atoms with van der Waals surface area (Å²) in [6.07, 6.45) is 0. The smallest absolute Gasteiger partial charge is 0.338 e. The van der Waals surface area contributed by atoms with Gasteiger partial charge in [0.1, 0.15) is 0 Å². The number of anilines is 1. The molecule has 4 N–H and O–H groups in total. The maximum Gasteiger partial charge on any atom is 0.338 e. The molecule has 0 unspecified atom stereocenters. The molecule has 0 aliphatic heterocycles. The van der Waals surface area contributed by atoms with Gasteiger partial charge in [0, 0.05) is 5.69 Å². The zero-order valence-corrected chi connectivity index (χ0v) is 13.8. The largest absolute Gasteiger partial charge is 0.465 e. The van der Waals surface area contributed by atoms with Gasteiger partial charge in [-0.15, -0.1) is 0 Å². The number of nitrogens with two attached hydrogens (primary N) is 1. The maximum atomic E-state index is 11.9. The lowest BCUT2D eigenvalue weighted by Crippen LogP contribution is -2.46. The summed E-state index contributed by atoms with van der Waals surface area (Å²) in [5, 5.41) is 5.09. The second-order valence-electron chi connectivity index (χ2n) is 5.56. The predicted molar refractivity (Wildman–Crippen MR) is 87.0 cm³/mol. The van der Waals surface area contributed by atoms with Crippen LogP contribution in [0.25, 0.3) is 0 Å². The van der Waals surface area contributed by atoms with E-state index in [-0.39, 0.29) is 18.4 Å². The number of ether oxygens (including phenoxy) is 1. The Bertz CT molecular complexity index is 599. The average Bonchev–Trinajstić information content (AvgIpc) is 2.52. The summed E-state index contributed by atoms with van der Waals surface area (Å²) < 4.78 is 4.68. The summed E-state index contributed by atoms with van der Waals surface area (Å²) in [5.74, 6) is -1.28. The average molecular weight is 321 g/mol. The topological polar surface area (TPSA) is 111 Å². The number of carbonyl (C=O) groups excluding carboxylic acids is 3. The molecular weight excluding hydrogens is 298 g/mol. The molecule has 0 bridgehead atoms. The molecule has 0 aromatic heterocycles. The van der Waals surface area contributed by atoms with Gasteiger partial charge < -0.3 is 21.1 Å². The van der Waals surface area contributed by atoms with Gasteiger partial charge in [-0.1, -0.05) is 19.9 Å². The highest BCUT2D eigenvalue weighted by molar-refractivity contribution is 5.97. The van der Waals surface area contributed by atoms with E-state index in [1.807, 2.05) is 13.8 Å². The molecule has 0 saturated heterocycles. The van der Waals surface area contributed by atoms with Gasteiger partial charge in [-0.25, -0.2) is 4.79 Å². The molecular formula is C16H23N3O4. The molecule has 0 aliphatic carbocycles. The normalized spacial score (nSPS) is 11.7. The lowest BCUT2D eigenvalue weighted by atomic mass is 10.1. The Morgan fingerprint density at radius 1 is 1.26 bits per heavy atom. The van der Waals surface area contributed by atoms with Crippen molar-refractivity contribution in [1.29, 1.82) is 0 Å². The van der Waals surface area contributed by atoms with Gasteiger partial charge in [0.2, 0.25) is 11.8 Å². The first-order chi connectivity index (χ1) is 10.8. The van der Waals surface area contributed by atoms with Gasteiger partial charge in [-0.3, -0.25) is 9.59 Å². The van der Waals surface area contributed by atoms with E-state index >= 15 is 0 Å². The Labute approximate surface area is 135 Å². The second kappa shape index (κ2) is 8.28. The zero-order chi connectivity index (χ0) is 17.6. The number of hydrogen-bond donors (Lipinski definition) is 3. The summed E-state index contributed by atoms with van der Waals surface area (Å²) in [6.45, 7) is 5.22. The molecule has 0 aliphatic rings. The van der Waals surface area contributed by atoms with Crippen molar-refractivity contribution in [2.75, 3.05) is 19.0 Å². The highest BCUT2D eigenvalue weighted by Crippen LogP contribution is 2.16. The fraction of sp³-hybridized carbons (Fsp3) is 0.438. The van der Waals surface area contributed by atoms with Crippen LogP contribution < -0.4 is 16.4 Å². The van der Waals surface area contributed by atoms with Crippen molar-refractivity contribution in [3.8, 4) is 0 Å². The molecule has 0 heterocycles. The van der Waals surface area contributed by atoms with Crippen molar-refractivity contribution in [2.45, 2.75) is 26.8 Å². The molecule has 1 aromatic carbocycles. The summed E-state index contributed by atoms with van der Waals surface area (Å²) in [6, 6.07) is 4.24. The molecule has 0 radical (unpaired) electrons. The number of hydrogen-bond acceptors (Lipinski definition) is 5. The number of aryl methyl sites for hydroxylation is 1. The van der Waals surface area contributed by atoms with Crippen LogP contribution >= 0.6 is 0 Å². The van der Waals surface area contributed by atoms with Gasteiger partial charge in [-0.2, -0.15) is 0 Å². The van der Waals surface area contributed by atoms with Crippen LogP contribution in [0.4, 0.5) is 5.69 Å². The van der Waals surface area contributed by atoms with Gasteiger partial charge in [0.15, 0.2) is 0 Å². The van der Waals surface area contributed by atoms with Crippen molar-refractivity contribution >= 4 is 23.5 Å². The summed E-state index contributed by atoms with van der Waals surface area (Å²) in [7, 11) is 1.29. The third-order valence-corrected chi connectivity index (χ3v) is 3.37. The van der Waals surface area contributed by atoms with E-state index in [4.69, 9.17) is 5.73 Å². The van der Waals surface area contributed by atoms with Crippen LogP contribution in [-0.2, 0) is 14.3 Å². The molecule has 1 atom stereocenters. The number of nitrogens with one attached hydrogen (secondary N) is 2. The third-order valence-electron chi connectivity index (χ3n) is 3.37. The maximum absolute atomic E-state index is 11.9. The van der Waals surface area contributed by atoms with E-state index in [0.29, 0.717) is 11.3 Å². The number of rotatable bonds is 6. The summed E-state index contributed by atoms with van der Waals surface area (Å²) in [5.41, 5.74) is 7.25. The molecule has 0 fully saturated rings. The van der Waals surface area contributed by atoms with E-state index < -0.39 is 17.9 Å². The lowest BCUT2D eigenvalue weighted by molar-refractivity contribution is -0.125. The van der Waals surface area contributed by atoms with Crippen molar-refractivity contribution < 1.29 is 19.1 Å². The van der Waals surface area contributed by atoms with Crippen molar-refractivity contribution in [2.24, 2.45) is 11.7 Å². The molecule has 23 heavy (non-hydrogen) atoms. The monoisotopic (exact) mass is 321 g/mol. The Morgan fingerprint density at radius 3 is 2.48 bits per heavy atom. The third kappa shape index (κ3) is 5.37. The number of esters is 1. The van der Waals surface area contributed by atoms with Crippen LogP contribution in [0.3, 0.4) is 0 Å². The van der Waals surface area contributed by atoms with Gasteiger partial charge in [-0.05, 0) is 30.5 Å². The van der Waals surface area contributed by atoms with E-state index in [2.05, 4.69) is 15.4 Å². The minimum absolute atomic E-state index is 0.0159. The molecule has 2 amide bonds. The molecule has 7 heteroatoms. The summed E-state index contributed by atoms with van der Waals surface area (Å²) in [4.78, 5) is 35.2. The summed E-state index contributed by atoms with van der Waals surface area (Å²) >= 11 is 0. The Hall–Kier alpha value is -2.41. The number of carbonyl (C=O) groups is 3. The van der Waals surface area contributed by atoms with Crippen LogP contribution in [0.1, 0.15) is 29.8 Å². The SMILES string of the molecule is COC(=O)c1cc(NC(=O)CNC(=O)[C@@H](N)C(C)C)ccc1C. The van der Waals surface area contributed by atoms with Crippen LogP contribution in [0.5, 0.6) is 0 Å². The van der Waals surface area contributed by atoms with Crippen LogP contribution in [-0.4, -0.2) is 37.5 Å². The predicted octanol–water partition coefficient (Wildman–Crippen LogP) is 0.820. The first kappa shape index (κ1) is 18.6. The highest BCUT2D eigenvalue weighted by atomic mass is 16.5. The molecule has 0 spiro atoms. The zero-order valence-electron chi connectivity index (χ0n) is 13.8. The van der Waals surface area contributed by atoms with Crippen molar-refractivity contribution in [3.63, 3.8) is 0 Å². The highest BCUT2D eigenvalue weighted by Gasteiger charge is 2.18. The minimum Gasteiger partial charge on any atom is -0.465 e. The number of benzene rings is 1. The fourth-order valence-corrected chi connectivity index (χ4v) is 1.82. The number of amides is 2. The van der Waals surface area contributed by atoms with E-state index in [0.717, 1.165) is 5.56 Å². The van der Waals surface area contributed by atoms with E-state index in [9.17, 15) is 14.4 Å². The Morgan fingerprint density at radius 2 is 1.91 bits per heavy atom. The molecule has 1 aromatic rings. The molecule has 0 saturated carbocycles. The van der Waals surface area contributed by atoms with Gasteiger partial charge >= 0.3 is 5.97 Å². The quantitative estimate of drug-likeness (QED) is 0.672. The van der Waals surface area contributed by atoms with Gasteiger partial charge in [0.25, 0.3) is 0 Å². The van der Waals surface area contributed by atoms with Crippen molar-refractivity contribution in [3.05, 3.63) is 29.3 Å². The molecule has 126 valence electrons. The first-order valence-corrected chi connectivity index (χ1v) is 7.28. The molecule has 1 rings (SSSR count). The van der Waals surface area contributed by atoms with E-state index in [1.165, 1.54) is 13.2 Å².